The molecule has 0 amide bonds. The first-order chi connectivity index (χ1) is 9.95. The Balaban J connectivity index is 1.87. The van der Waals surface area contributed by atoms with Gasteiger partial charge in [0.2, 0.25) is 0 Å². The zero-order valence-corrected chi connectivity index (χ0v) is 13.9. The lowest BCUT2D eigenvalue weighted by molar-refractivity contribution is 0.0924. The van der Waals surface area contributed by atoms with Crippen LogP contribution in [0.15, 0.2) is 18.2 Å². The number of carbonyl (C=O) groups excluding carboxylic acids is 1. The molecule has 3 heteroatoms. The summed E-state index contributed by atoms with van der Waals surface area (Å²) in [5.41, 5.74) is 3.17. The zero-order chi connectivity index (χ0) is 15.4. The number of piperidine rings is 1. The molecule has 1 heterocycles. The minimum absolute atomic E-state index is 0.239. The van der Waals surface area contributed by atoms with Gasteiger partial charge in [-0.05, 0) is 65.4 Å². The lowest BCUT2D eigenvalue weighted by Gasteiger charge is -2.31. The van der Waals surface area contributed by atoms with Crippen LogP contribution in [0.3, 0.4) is 0 Å². The molecule has 21 heavy (non-hydrogen) atoms. The molecule has 1 aromatic carbocycles. The number of Topliss-reactive ketones (excluding diaryl/α,β-unsaturated/α-hetero) is 1. The Hall–Kier alpha value is -1.19. The molecule has 1 aliphatic heterocycles. The largest absolute Gasteiger partial charge is 0.306 e. The number of ketones is 1. The number of hydrogen-bond donors (Lipinski definition) is 0. The van der Waals surface area contributed by atoms with Gasteiger partial charge in [-0.3, -0.25) is 9.69 Å². The van der Waals surface area contributed by atoms with Crippen molar-refractivity contribution in [3.05, 3.63) is 34.9 Å². The SMILES string of the molecule is Cc1ccc(C(=O)CN(C)CC2CCN(C)CC2)c(C)c1. The Morgan fingerprint density at radius 1 is 1.29 bits per heavy atom. The standard InChI is InChI=1S/C18H28N2O/c1-14-5-6-17(15(2)11-14)18(21)13-20(4)12-16-7-9-19(3)10-8-16/h5-6,11,16H,7-10,12-13H2,1-4H3. The van der Waals surface area contributed by atoms with Crippen molar-refractivity contribution in [1.82, 2.24) is 9.80 Å². The van der Waals surface area contributed by atoms with E-state index in [0.29, 0.717) is 6.54 Å². The molecule has 0 atom stereocenters. The zero-order valence-electron chi connectivity index (χ0n) is 13.9. The first-order valence-corrected chi connectivity index (χ1v) is 7.93. The van der Waals surface area contributed by atoms with E-state index in [9.17, 15) is 4.79 Å². The highest BCUT2D eigenvalue weighted by molar-refractivity contribution is 5.98. The molecule has 1 aliphatic rings. The number of rotatable bonds is 5. The lowest BCUT2D eigenvalue weighted by Crippen LogP contribution is -2.37. The monoisotopic (exact) mass is 288 g/mol. The van der Waals surface area contributed by atoms with Crippen molar-refractivity contribution < 1.29 is 4.79 Å². The number of carbonyl (C=O) groups is 1. The second-order valence-corrected chi connectivity index (χ2v) is 6.68. The van der Waals surface area contributed by atoms with E-state index in [1.165, 1.54) is 31.5 Å². The molecule has 0 aromatic heterocycles. The molecular formula is C18H28N2O. The van der Waals surface area contributed by atoms with Gasteiger partial charge in [-0.1, -0.05) is 23.8 Å². The van der Waals surface area contributed by atoms with E-state index >= 15 is 0 Å². The third-order valence-corrected chi connectivity index (χ3v) is 4.50. The first-order valence-electron chi connectivity index (χ1n) is 7.93. The highest BCUT2D eigenvalue weighted by Gasteiger charge is 2.19. The van der Waals surface area contributed by atoms with E-state index in [1.807, 2.05) is 19.1 Å². The average molecular weight is 288 g/mol. The van der Waals surface area contributed by atoms with Crippen molar-refractivity contribution in [3.63, 3.8) is 0 Å². The predicted molar refractivity (Wildman–Crippen MR) is 88.0 cm³/mol. The third kappa shape index (κ3) is 4.65. The van der Waals surface area contributed by atoms with Gasteiger partial charge in [-0.25, -0.2) is 0 Å². The third-order valence-electron chi connectivity index (χ3n) is 4.50. The van der Waals surface area contributed by atoms with Gasteiger partial charge in [0.05, 0.1) is 6.54 Å². The fourth-order valence-corrected chi connectivity index (χ4v) is 3.21. The molecule has 1 fully saturated rings. The van der Waals surface area contributed by atoms with Crippen LogP contribution in [0.2, 0.25) is 0 Å². The lowest BCUT2D eigenvalue weighted by atomic mass is 9.96. The molecule has 116 valence electrons. The number of likely N-dealkylation sites (tertiary alicyclic amines) is 1. The fourth-order valence-electron chi connectivity index (χ4n) is 3.21. The second kappa shape index (κ2) is 7.19. The Bertz CT molecular complexity index is 490. The molecule has 0 spiro atoms. The molecule has 0 aliphatic carbocycles. The van der Waals surface area contributed by atoms with Crippen LogP contribution in [0.1, 0.15) is 34.3 Å². The summed E-state index contributed by atoms with van der Waals surface area (Å²) in [6, 6.07) is 6.08. The molecule has 3 nitrogen and oxygen atoms in total. The molecule has 0 N–H and O–H groups in total. The normalized spacial score (nSPS) is 17.4. The smallest absolute Gasteiger partial charge is 0.177 e. The average Bonchev–Trinajstić information content (AvgIpc) is 2.41. The van der Waals surface area contributed by atoms with E-state index in [1.54, 1.807) is 0 Å². The highest BCUT2D eigenvalue weighted by atomic mass is 16.1. The number of benzene rings is 1. The molecule has 0 unspecified atom stereocenters. The van der Waals surface area contributed by atoms with Crippen LogP contribution >= 0.6 is 0 Å². The maximum atomic E-state index is 12.4. The Morgan fingerprint density at radius 3 is 2.57 bits per heavy atom. The van der Waals surface area contributed by atoms with Crippen LogP contribution in [0, 0.1) is 19.8 Å². The van der Waals surface area contributed by atoms with Gasteiger partial charge in [0.15, 0.2) is 5.78 Å². The van der Waals surface area contributed by atoms with Gasteiger partial charge >= 0.3 is 0 Å². The minimum atomic E-state index is 0.239. The number of hydrogen-bond acceptors (Lipinski definition) is 3. The molecule has 2 rings (SSSR count). The number of aryl methyl sites for hydroxylation is 2. The molecule has 0 radical (unpaired) electrons. The molecule has 0 saturated carbocycles. The fraction of sp³-hybridized carbons (Fsp3) is 0.611. The van der Waals surface area contributed by atoms with Crippen LogP contribution in [-0.2, 0) is 0 Å². The van der Waals surface area contributed by atoms with Crippen molar-refractivity contribution in [2.75, 3.05) is 40.3 Å². The van der Waals surface area contributed by atoms with E-state index in [4.69, 9.17) is 0 Å². The second-order valence-electron chi connectivity index (χ2n) is 6.68. The summed E-state index contributed by atoms with van der Waals surface area (Å²) in [6.45, 7) is 8.01. The van der Waals surface area contributed by atoms with Crippen LogP contribution in [-0.4, -0.2) is 55.9 Å². The van der Waals surface area contributed by atoms with Gasteiger partial charge in [-0.2, -0.15) is 0 Å². The number of nitrogens with zero attached hydrogens (tertiary/aromatic N) is 2. The van der Waals surface area contributed by atoms with Gasteiger partial charge in [-0.15, -0.1) is 0 Å². The molecule has 1 saturated heterocycles. The minimum Gasteiger partial charge on any atom is -0.306 e. The summed E-state index contributed by atoms with van der Waals surface area (Å²) < 4.78 is 0. The number of likely N-dealkylation sites (N-methyl/N-ethyl adjacent to an activating group) is 1. The van der Waals surface area contributed by atoms with Crippen molar-refractivity contribution in [2.45, 2.75) is 26.7 Å². The topological polar surface area (TPSA) is 23.6 Å². The Labute approximate surface area is 128 Å². The summed E-state index contributed by atoms with van der Waals surface area (Å²) >= 11 is 0. The summed E-state index contributed by atoms with van der Waals surface area (Å²) in [5.74, 6) is 0.973. The van der Waals surface area contributed by atoms with E-state index in [-0.39, 0.29) is 5.78 Å². The van der Waals surface area contributed by atoms with Gasteiger partial charge in [0.1, 0.15) is 0 Å². The van der Waals surface area contributed by atoms with Gasteiger partial charge in [0.25, 0.3) is 0 Å². The maximum absolute atomic E-state index is 12.4. The summed E-state index contributed by atoms with van der Waals surface area (Å²) in [4.78, 5) is 17.0. The quantitative estimate of drug-likeness (QED) is 0.778. The van der Waals surface area contributed by atoms with Crippen molar-refractivity contribution in [2.24, 2.45) is 5.92 Å². The summed E-state index contributed by atoms with van der Waals surface area (Å²) in [7, 11) is 4.25. The Morgan fingerprint density at radius 2 is 1.95 bits per heavy atom. The summed E-state index contributed by atoms with van der Waals surface area (Å²) in [6.07, 6.45) is 2.50. The highest BCUT2D eigenvalue weighted by Crippen LogP contribution is 2.17. The van der Waals surface area contributed by atoms with Crippen molar-refractivity contribution in [3.8, 4) is 0 Å². The predicted octanol–water partition coefficient (Wildman–Crippen LogP) is 2.76. The first kappa shape index (κ1) is 16.2. The summed E-state index contributed by atoms with van der Waals surface area (Å²) in [5, 5.41) is 0. The van der Waals surface area contributed by atoms with Gasteiger partial charge in [0, 0.05) is 12.1 Å². The van der Waals surface area contributed by atoms with Crippen LogP contribution in [0.4, 0.5) is 0 Å². The van der Waals surface area contributed by atoms with Gasteiger partial charge < -0.3 is 4.90 Å². The van der Waals surface area contributed by atoms with Crippen LogP contribution < -0.4 is 0 Å². The molecule has 0 bridgehead atoms. The molecular weight excluding hydrogens is 260 g/mol. The van der Waals surface area contributed by atoms with Crippen molar-refractivity contribution >= 4 is 5.78 Å². The molecule has 1 aromatic rings. The van der Waals surface area contributed by atoms with E-state index in [0.717, 1.165) is 23.6 Å². The van der Waals surface area contributed by atoms with E-state index in [2.05, 4.69) is 36.9 Å². The Kier molecular flexibility index (Phi) is 5.54. The van der Waals surface area contributed by atoms with Crippen LogP contribution in [0.5, 0.6) is 0 Å². The van der Waals surface area contributed by atoms with Crippen molar-refractivity contribution in [1.29, 1.82) is 0 Å². The van der Waals surface area contributed by atoms with E-state index < -0.39 is 0 Å². The van der Waals surface area contributed by atoms with Crippen LogP contribution in [0.25, 0.3) is 0 Å². The maximum Gasteiger partial charge on any atom is 0.177 e.